The number of halogens is 2. The molecule has 0 bridgehead atoms. The van der Waals surface area contributed by atoms with Crippen LogP contribution in [-0.2, 0) is 11.3 Å². The number of piperazine rings is 1. The van der Waals surface area contributed by atoms with Gasteiger partial charge < -0.3 is 14.5 Å². The number of anilines is 1. The zero-order chi connectivity index (χ0) is 30.8. The van der Waals surface area contributed by atoms with Crippen LogP contribution in [0.4, 0.5) is 19.5 Å². The lowest BCUT2D eigenvalue weighted by Crippen LogP contribution is -2.52. The molecular weight excluding hydrogens is 568 g/mol. The second-order valence-corrected chi connectivity index (χ2v) is 11.5. The number of urea groups is 1. The Morgan fingerprint density at radius 3 is 2.64 bits per heavy atom. The maximum Gasteiger partial charge on any atom is 0.341 e. The fourth-order valence-corrected chi connectivity index (χ4v) is 6.27. The number of aromatic nitrogens is 4. The van der Waals surface area contributed by atoms with Crippen molar-refractivity contribution >= 4 is 18.2 Å². The van der Waals surface area contributed by atoms with Crippen molar-refractivity contribution in [3.63, 3.8) is 0 Å². The number of carbonyl (C=O) groups excluding carboxylic acids is 1. The van der Waals surface area contributed by atoms with E-state index in [2.05, 4.69) is 15.1 Å². The number of aryl methyl sites for hydroxylation is 2. The van der Waals surface area contributed by atoms with E-state index >= 15 is 4.39 Å². The first-order valence-electron chi connectivity index (χ1n) is 15.0. The standard InChI is InChI=1S/C31H35F2N9O2/c1-20-28(21(2)41(38-20)8-4-22-5-13-44-14-6-22)29-26(33)19-35-30(37-29)39-9-11-40(12-10-39)31(43)42-27(3-7-36-42)24-15-23(18-34)16-25(32)17-24/h7,15-17,19,22,27H,3-6,8-14H2,1-2H3. The smallest absolute Gasteiger partial charge is 0.341 e. The van der Waals surface area contributed by atoms with Gasteiger partial charge in [0, 0.05) is 69.8 Å². The number of rotatable bonds is 6. The van der Waals surface area contributed by atoms with E-state index in [0.717, 1.165) is 50.8 Å². The Morgan fingerprint density at radius 2 is 1.89 bits per heavy atom. The molecule has 0 saturated carbocycles. The summed E-state index contributed by atoms with van der Waals surface area (Å²) in [6.07, 6.45) is 6.36. The van der Waals surface area contributed by atoms with Crippen molar-refractivity contribution in [1.82, 2.24) is 29.7 Å². The van der Waals surface area contributed by atoms with Gasteiger partial charge in [0.2, 0.25) is 5.95 Å². The Bertz CT molecular complexity index is 1600. The number of hydrogen-bond acceptors (Lipinski definition) is 8. The third kappa shape index (κ3) is 5.99. The molecular formula is C31H35F2N9O2. The first-order chi connectivity index (χ1) is 21.3. The summed E-state index contributed by atoms with van der Waals surface area (Å²) in [6, 6.07) is 5.25. The minimum atomic E-state index is -0.529. The Hall–Kier alpha value is -4.44. The van der Waals surface area contributed by atoms with Gasteiger partial charge in [-0.15, -0.1) is 0 Å². The van der Waals surface area contributed by atoms with Gasteiger partial charge in [0.25, 0.3) is 0 Å². The average molecular weight is 604 g/mol. The largest absolute Gasteiger partial charge is 0.381 e. The first kappa shape index (κ1) is 29.6. The van der Waals surface area contributed by atoms with E-state index in [1.54, 1.807) is 17.2 Å². The third-order valence-corrected chi connectivity index (χ3v) is 8.73. The van der Waals surface area contributed by atoms with Crippen molar-refractivity contribution in [3.05, 3.63) is 58.5 Å². The van der Waals surface area contributed by atoms with Crippen molar-refractivity contribution in [1.29, 1.82) is 5.26 Å². The minimum Gasteiger partial charge on any atom is -0.381 e. The topological polar surface area (TPSA) is 116 Å². The lowest BCUT2D eigenvalue weighted by atomic mass is 9.97. The van der Waals surface area contributed by atoms with E-state index in [-0.39, 0.29) is 17.3 Å². The second-order valence-electron chi connectivity index (χ2n) is 11.5. The number of hydrazone groups is 1. The van der Waals surface area contributed by atoms with Crippen LogP contribution in [0.5, 0.6) is 0 Å². The summed E-state index contributed by atoms with van der Waals surface area (Å²) < 4.78 is 36.7. The van der Waals surface area contributed by atoms with Crippen LogP contribution < -0.4 is 4.90 Å². The highest BCUT2D eigenvalue weighted by Gasteiger charge is 2.34. The number of nitrogens with zero attached hydrogens (tertiary/aromatic N) is 9. The fraction of sp³-hybridized carbons (Fsp3) is 0.484. The molecule has 0 radical (unpaired) electrons. The Morgan fingerprint density at radius 1 is 1.11 bits per heavy atom. The van der Waals surface area contributed by atoms with Crippen molar-refractivity contribution in [2.45, 2.75) is 52.1 Å². The van der Waals surface area contributed by atoms with Gasteiger partial charge in [-0.05, 0) is 62.8 Å². The van der Waals surface area contributed by atoms with Crippen LogP contribution in [0.3, 0.4) is 0 Å². The molecule has 1 unspecified atom stereocenters. The summed E-state index contributed by atoms with van der Waals surface area (Å²) in [4.78, 5) is 26.0. The lowest BCUT2D eigenvalue weighted by Gasteiger charge is -2.37. The van der Waals surface area contributed by atoms with E-state index in [4.69, 9.17) is 9.84 Å². The second kappa shape index (κ2) is 12.7. The van der Waals surface area contributed by atoms with Gasteiger partial charge >= 0.3 is 6.03 Å². The fourth-order valence-electron chi connectivity index (χ4n) is 6.27. The van der Waals surface area contributed by atoms with Gasteiger partial charge in [-0.2, -0.15) is 15.5 Å². The third-order valence-electron chi connectivity index (χ3n) is 8.73. The van der Waals surface area contributed by atoms with Crippen molar-refractivity contribution in [2.75, 3.05) is 44.3 Å². The maximum atomic E-state index is 15.2. The zero-order valence-electron chi connectivity index (χ0n) is 24.9. The van der Waals surface area contributed by atoms with Gasteiger partial charge in [-0.1, -0.05) is 0 Å². The average Bonchev–Trinajstić information content (AvgIpc) is 3.64. The highest BCUT2D eigenvalue weighted by molar-refractivity contribution is 5.79. The number of amides is 2. The van der Waals surface area contributed by atoms with Crippen LogP contribution in [0, 0.1) is 42.7 Å². The predicted molar refractivity (Wildman–Crippen MR) is 159 cm³/mol. The molecule has 6 rings (SSSR count). The lowest BCUT2D eigenvalue weighted by molar-refractivity contribution is 0.0622. The van der Waals surface area contributed by atoms with Gasteiger partial charge in [-0.3, -0.25) is 4.68 Å². The molecule has 0 N–H and O–H groups in total. The zero-order valence-corrected chi connectivity index (χ0v) is 24.9. The summed E-state index contributed by atoms with van der Waals surface area (Å²) in [5.41, 5.74) is 3.21. The van der Waals surface area contributed by atoms with E-state index in [0.29, 0.717) is 61.3 Å². The van der Waals surface area contributed by atoms with Crippen LogP contribution in [0.15, 0.2) is 29.5 Å². The van der Waals surface area contributed by atoms with E-state index < -0.39 is 17.7 Å². The number of nitriles is 1. The monoisotopic (exact) mass is 603 g/mol. The van der Waals surface area contributed by atoms with Gasteiger partial charge in [0.1, 0.15) is 11.5 Å². The minimum absolute atomic E-state index is 0.194. The molecule has 2 aromatic heterocycles. The molecule has 2 amide bonds. The van der Waals surface area contributed by atoms with Crippen molar-refractivity contribution in [2.24, 2.45) is 11.0 Å². The van der Waals surface area contributed by atoms with E-state index in [1.165, 1.54) is 17.3 Å². The highest BCUT2D eigenvalue weighted by Crippen LogP contribution is 2.32. The van der Waals surface area contributed by atoms with E-state index in [1.807, 2.05) is 29.5 Å². The number of carbonyl (C=O) groups is 1. The summed E-state index contributed by atoms with van der Waals surface area (Å²) in [5, 5.41) is 19.6. The molecule has 3 aliphatic rings. The predicted octanol–water partition coefficient (Wildman–Crippen LogP) is 4.60. The highest BCUT2D eigenvalue weighted by atomic mass is 19.1. The molecule has 3 aromatic rings. The Labute approximate surface area is 254 Å². The van der Waals surface area contributed by atoms with E-state index in [9.17, 15) is 14.4 Å². The number of hydrogen-bond donors (Lipinski definition) is 0. The van der Waals surface area contributed by atoms with Crippen LogP contribution in [0.25, 0.3) is 11.3 Å². The first-order valence-corrected chi connectivity index (χ1v) is 15.0. The molecule has 44 heavy (non-hydrogen) atoms. The maximum absolute atomic E-state index is 15.2. The summed E-state index contributed by atoms with van der Waals surface area (Å²) in [6.45, 7) is 7.83. The molecule has 230 valence electrons. The molecule has 0 aliphatic carbocycles. The van der Waals surface area contributed by atoms with Crippen LogP contribution in [0.2, 0.25) is 0 Å². The molecule has 5 heterocycles. The van der Waals surface area contributed by atoms with Crippen LogP contribution >= 0.6 is 0 Å². The SMILES string of the molecule is Cc1nn(CCC2CCOCC2)c(C)c1-c1nc(N2CCN(C(=O)N3N=CCC3c3cc(F)cc(C#N)c3)CC2)ncc1F. The Kier molecular flexibility index (Phi) is 8.52. The molecule has 1 atom stereocenters. The summed E-state index contributed by atoms with van der Waals surface area (Å²) >= 11 is 0. The molecule has 2 saturated heterocycles. The molecule has 13 heteroatoms. The van der Waals surface area contributed by atoms with Crippen LogP contribution in [0.1, 0.15) is 54.2 Å². The van der Waals surface area contributed by atoms with Crippen LogP contribution in [-0.4, -0.2) is 81.3 Å². The molecule has 3 aliphatic heterocycles. The molecule has 1 aromatic carbocycles. The van der Waals surface area contributed by atoms with Crippen molar-refractivity contribution < 1.29 is 18.3 Å². The summed E-state index contributed by atoms with van der Waals surface area (Å²) in [5.74, 6) is -0.0426. The Balaban J connectivity index is 1.13. The number of benzene rings is 1. The number of ether oxygens (including phenoxy) is 1. The van der Waals surface area contributed by atoms with Gasteiger partial charge in [-0.25, -0.2) is 28.6 Å². The molecule has 2 fully saturated rings. The molecule has 11 nitrogen and oxygen atoms in total. The van der Waals surface area contributed by atoms with Gasteiger partial charge in [0.05, 0.1) is 29.6 Å². The molecule has 0 spiro atoms. The van der Waals surface area contributed by atoms with Crippen molar-refractivity contribution in [3.8, 4) is 17.3 Å². The normalized spacial score (nSPS) is 19.1. The van der Waals surface area contributed by atoms with Gasteiger partial charge in [0.15, 0.2) is 5.82 Å². The summed E-state index contributed by atoms with van der Waals surface area (Å²) in [7, 11) is 0. The quantitative estimate of drug-likeness (QED) is 0.405.